The van der Waals surface area contributed by atoms with Crippen LogP contribution >= 0.6 is 0 Å². The highest BCUT2D eigenvalue weighted by atomic mass is 15.5. The van der Waals surface area contributed by atoms with E-state index in [9.17, 15) is 0 Å². The Morgan fingerprint density at radius 3 is 1.77 bits per heavy atom. The number of para-hydroxylation sites is 2. The molecule has 2 saturated heterocycles. The molecule has 2 aliphatic heterocycles. The topological polar surface area (TPSA) is 27.6 Å². The number of hydrazone groups is 1. The van der Waals surface area contributed by atoms with Crippen LogP contribution in [0.4, 0.5) is 11.4 Å². The predicted octanol–water partition coefficient (Wildman–Crippen LogP) is 4.10. The molecule has 2 bridgehead atoms. The van der Waals surface area contributed by atoms with Crippen molar-refractivity contribution in [1.82, 2.24) is 5.32 Å². The molecule has 22 heavy (non-hydrogen) atoms. The second-order valence-corrected chi connectivity index (χ2v) is 6.20. The second kappa shape index (κ2) is 5.93. The number of anilines is 2. The van der Waals surface area contributed by atoms with Gasteiger partial charge in [-0.2, -0.15) is 5.10 Å². The maximum Gasteiger partial charge on any atom is 0.0652 e. The molecule has 2 atom stereocenters. The molecule has 0 radical (unpaired) electrons. The van der Waals surface area contributed by atoms with Crippen molar-refractivity contribution >= 4 is 17.1 Å². The lowest BCUT2D eigenvalue weighted by atomic mass is 10.0. The van der Waals surface area contributed by atoms with Crippen LogP contribution in [0.3, 0.4) is 0 Å². The van der Waals surface area contributed by atoms with E-state index in [2.05, 4.69) is 58.9 Å². The monoisotopic (exact) mass is 291 g/mol. The fraction of sp³-hybridized carbons (Fsp3) is 0.316. The Morgan fingerprint density at radius 2 is 1.27 bits per heavy atom. The summed E-state index contributed by atoms with van der Waals surface area (Å²) in [6, 6.07) is 22.1. The maximum absolute atomic E-state index is 5.03. The zero-order chi connectivity index (χ0) is 14.8. The molecule has 2 fully saturated rings. The molecule has 0 saturated carbocycles. The van der Waals surface area contributed by atoms with E-state index in [1.165, 1.54) is 18.6 Å². The number of nitrogens with one attached hydrogen (secondary N) is 1. The average molecular weight is 291 g/mol. The van der Waals surface area contributed by atoms with Crippen molar-refractivity contribution in [3.63, 3.8) is 0 Å². The van der Waals surface area contributed by atoms with Gasteiger partial charge in [-0.3, -0.25) is 0 Å². The molecule has 4 rings (SSSR count). The van der Waals surface area contributed by atoms with Crippen molar-refractivity contribution in [1.29, 1.82) is 0 Å². The molecular formula is C19H21N3. The van der Waals surface area contributed by atoms with Crippen LogP contribution in [0, 0.1) is 0 Å². The number of piperidine rings is 1. The molecule has 2 aliphatic rings. The van der Waals surface area contributed by atoms with Crippen molar-refractivity contribution in [2.75, 3.05) is 5.01 Å². The van der Waals surface area contributed by atoms with Gasteiger partial charge in [-0.25, -0.2) is 5.01 Å². The second-order valence-electron chi connectivity index (χ2n) is 6.20. The van der Waals surface area contributed by atoms with Gasteiger partial charge in [-0.05, 0) is 37.1 Å². The molecule has 2 unspecified atom stereocenters. The number of rotatable bonds is 3. The summed E-state index contributed by atoms with van der Waals surface area (Å²) >= 11 is 0. The molecule has 0 aliphatic carbocycles. The van der Waals surface area contributed by atoms with E-state index in [4.69, 9.17) is 5.10 Å². The van der Waals surface area contributed by atoms with Crippen molar-refractivity contribution in [2.45, 2.75) is 37.8 Å². The molecular weight excluding hydrogens is 270 g/mol. The van der Waals surface area contributed by atoms with Gasteiger partial charge in [0.1, 0.15) is 0 Å². The van der Waals surface area contributed by atoms with Crippen molar-refractivity contribution in [3.05, 3.63) is 60.7 Å². The summed E-state index contributed by atoms with van der Waals surface area (Å²) in [5.41, 5.74) is 3.55. The standard InChI is InChI=1S/C19H21N3/c1-3-7-18(8-4-1)22(19-9-5-2-6-10-19)21-17-13-15-11-12-16(14-17)20-15/h1-10,15-16,20H,11-14H2. The SMILES string of the molecule is c1ccc(N(N=C2CC3CCC(C2)N3)c2ccccc2)cc1. The number of nitrogens with zero attached hydrogens (tertiary/aromatic N) is 2. The lowest BCUT2D eigenvalue weighted by Crippen LogP contribution is -2.39. The summed E-state index contributed by atoms with van der Waals surface area (Å²) in [6.07, 6.45) is 4.74. The van der Waals surface area contributed by atoms with Gasteiger partial charge in [-0.1, -0.05) is 36.4 Å². The van der Waals surface area contributed by atoms with E-state index in [0.717, 1.165) is 24.2 Å². The van der Waals surface area contributed by atoms with E-state index in [-0.39, 0.29) is 0 Å². The van der Waals surface area contributed by atoms with Gasteiger partial charge in [0, 0.05) is 30.6 Å². The van der Waals surface area contributed by atoms with Crippen LogP contribution in [0.1, 0.15) is 25.7 Å². The summed E-state index contributed by atoms with van der Waals surface area (Å²) < 4.78 is 0. The van der Waals surface area contributed by atoms with E-state index in [0.29, 0.717) is 12.1 Å². The molecule has 2 aromatic rings. The van der Waals surface area contributed by atoms with Crippen LogP contribution in [0.15, 0.2) is 65.8 Å². The largest absolute Gasteiger partial charge is 0.310 e. The summed E-state index contributed by atoms with van der Waals surface area (Å²) in [7, 11) is 0. The fourth-order valence-electron chi connectivity index (χ4n) is 3.50. The van der Waals surface area contributed by atoms with E-state index in [1.54, 1.807) is 0 Å². The summed E-state index contributed by atoms with van der Waals surface area (Å²) in [5.74, 6) is 0. The van der Waals surface area contributed by atoms with Crippen LogP contribution in [0.2, 0.25) is 0 Å². The fourth-order valence-corrected chi connectivity index (χ4v) is 3.50. The molecule has 2 aromatic carbocycles. The molecule has 0 amide bonds. The van der Waals surface area contributed by atoms with E-state index in [1.807, 2.05) is 12.1 Å². The lowest BCUT2D eigenvalue weighted by molar-refractivity contribution is 0.520. The number of hydrogen-bond acceptors (Lipinski definition) is 3. The molecule has 3 heteroatoms. The van der Waals surface area contributed by atoms with Crippen LogP contribution in [0.25, 0.3) is 0 Å². The van der Waals surface area contributed by atoms with Gasteiger partial charge in [0.15, 0.2) is 0 Å². The third kappa shape index (κ3) is 2.77. The number of fused-ring (bicyclic) bond motifs is 2. The highest BCUT2D eigenvalue weighted by Crippen LogP contribution is 2.29. The minimum absolute atomic E-state index is 0.630. The summed E-state index contributed by atoms with van der Waals surface area (Å²) in [5, 5.41) is 10.8. The Hall–Kier alpha value is -2.13. The molecule has 1 N–H and O–H groups in total. The maximum atomic E-state index is 5.03. The van der Waals surface area contributed by atoms with Crippen molar-refractivity contribution < 1.29 is 0 Å². The highest BCUT2D eigenvalue weighted by Gasteiger charge is 2.31. The van der Waals surface area contributed by atoms with Gasteiger partial charge in [0.2, 0.25) is 0 Å². The molecule has 0 aromatic heterocycles. The van der Waals surface area contributed by atoms with Gasteiger partial charge in [0.05, 0.1) is 11.4 Å². The minimum atomic E-state index is 0.630. The summed E-state index contributed by atoms with van der Waals surface area (Å²) in [4.78, 5) is 0. The molecule has 2 heterocycles. The molecule has 0 spiro atoms. The van der Waals surface area contributed by atoms with E-state index >= 15 is 0 Å². The van der Waals surface area contributed by atoms with Crippen LogP contribution in [-0.2, 0) is 0 Å². The smallest absolute Gasteiger partial charge is 0.0652 e. The van der Waals surface area contributed by atoms with Crippen molar-refractivity contribution in [2.24, 2.45) is 5.10 Å². The van der Waals surface area contributed by atoms with Gasteiger partial charge >= 0.3 is 0 Å². The van der Waals surface area contributed by atoms with E-state index < -0.39 is 0 Å². The lowest BCUT2D eigenvalue weighted by Gasteiger charge is -2.26. The number of benzene rings is 2. The Balaban J connectivity index is 1.69. The zero-order valence-electron chi connectivity index (χ0n) is 12.7. The number of hydrogen-bond donors (Lipinski definition) is 1. The normalized spacial score (nSPS) is 23.4. The Kier molecular flexibility index (Phi) is 3.65. The Labute approximate surface area is 131 Å². The Morgan fingerprint density at radius 1 is 0.773 bits per heavy atom. The predicted molar refractivity (Wildman–Crippen MR) is 91.6 cm³/mol. The first-order valence-corrected chi connectivity index (χ1v) is 8.11. The van der Waals surface area contributed by atoms with Crippen LogP contribution in [-0.4, -0.2) is 17.8 Å². The zero-order valence-corrected chi connectivity index (χ0v) is 12.7. The first-order chi connectivity index (χ1) is 10.9. The molecule has 112 valence electrons. The minimum Gasteiger partial charge on any atom is -0.310 e. The van der Waals surface area contributed by atoms with Crippen LogP contribution < -0.4 is 10.3 Å². The third-order valence-electron chi connectivity index (χ3n) is 4.54. The first-order valence-electron chi connectivity index (χ1n) is 8.11. The first kappa shape index (κ1) is 13.5. The van der Waals surface area contributed by atoms with Gasteiger partial charge in [-0.15, -0.1) is 0 Å². The third-order valence-corrected chi connectivity index (χ3v) is 4.54. The molecule has 3 nitrogen and oxygen atoms in total. The van der Waals surface area contributed by atoms with Gasteiger partial charge < -0.3 is 5.32 Å². The average Bonchev–Trinajstić information content (AvgIpc) is 2.93. The summed E-state index contributed by atoms with van der Waals surface area (Å²) in [6.45, 7) is 0. The highest BCUT2D eigenvalue weighted by molar-refractivity contribution is 5.88. The quantitative estimate of drug-likeness (QED) is 0.862. The van der Waals surface area contributed by atoms with Gasteiger partial charge in [0.25, 0.3) is 0 Å². The Bertz CT molecular complexity index is 597. The van der Waals surface area contributed by atoms with Crippen molar-refractivity contribution in [3.8, 4) is 0 Å². The van der Waals surface area contributed by atoms with Crippen LogP contribution in [0.5, 0.6) is 0 Å².